The Morgan fingerprint density at radius 2 is 1.53 bits per heavy atom. The highest BCUT2D eigenvalue weighted by Gasteiger charge is 2.35. The fourth-order valence-corrected chi connectivity index (χ4v) is 2.07. The Morgan fingerprint density at radius 3 is 1.82 bits per heavy atom. The summed E-state index contributed by atoms with van der Waals surface area (Å²) in [7, 11) is 2.23. The minimum atomic E-state index is 0.122. The molecule has 17 heavy (non-hydrogen) atoms. The molecule has 0 spiro atoms. The standard InChI is InChI=1S/C15H34N2/c1-12(2)9-10-15(7,11-16)17(8)13(3)14(4,5)6/h12-13H,9-11,16H2,1-8H3. The average Bonchev–Trinajstić information content (AvgIpc) is 2.22. The van der Waals surface area contributed by atoms with Crippen LogP contribution in [0.2, 0.25) is 0 Å². The summed E-state index contributed by atoms with van der Waals surface area (Å²) in [6.45, 7) is 16.8. The Bertz CT molecular complexity index is 217. The number of likely N-dealkylation sites (N-methyl/N-ethyl adjacent to an activating group) is 1. The van der Waals surface area contributed by atoms with Gasteiger partial charge >= 0.3 is 0 Å². The van der Waals surface area contributed by atoms with Gasteiger partial charge in [-0.05, 0) is 45.1 Å². The summed E-state index contributed by atoms with van der Waals surface area (Å²) in [6, 6.07) is 0.531. The van der Waals surface area contributed by atoms with Crippen LogP contribution < -0.4 is 5.73 Å². The molecule has 0 fully saturated rings. The van der Waals surface area contributed by atoms with E-state index in [1.807, 2.05) is 0 Å². The Labute approximate surface area is 109 Å². The predicted octanol–water partition coefficient (Wildman–Crippen LogP) is 3.51. The lowest BCUT2D eigenvalue weighted by atomic mass is 9.82. The van der Waals surface area contributed by atoms with Crippen molar-refractivity contribution in [1.82, 2.24) is 4.90 Å². The van der Waals surface area contributed by atoms with Crippen LogP contribution in [0.1, 0.15) is 61.3 Å². The third kappa shape index (κ3) is 4.97. The van der Waals surface area contributed by atoms with E-state index in [1.165, 1.54) is 12.8 Å². The minimum absolute atomic E-state index is 0.122. The van der Waals surface area contributed by atoms with Gasteiger partial charge < -0.3 is 5.73 Å². The molecule has 0 aromatic rings. The fraction of sp³-hybridized carbons (Fsp3) is 1.00. The van der Waals surface area contributed by atoms with Crippen LogP contribution in [0.4, 0.5) is 0 Å². The molecule has 0 aromatic heterocycles. The molecule has 0 rings (SSSR count). The van der Waals surface area contributed by atoms with E-state index in [-0.39, 0.29) is 5.54 Å². The van der Waals surface area contributed by atoms with E-state index in [2.05, 4.69) is 60.4 Å². The molecule has 0 aliphatic rings. The molecule has 0 aliphatic carbocycles. The summed E-state index contributed by atoms with van der Waals surface area (Å²) in [5.74, 6) is 0.749. The molecule has 2 heteroatoms. The van der Waals surface area contributed by atoms with E-state index in [1.54, 1.807) is 0 Å². The van der Waals surface area contributed by atoms with E-state index in [4.69, 9.17) is 5.73 Å². The van der Waals surface area contributed by atoms with Gasteiger partial charge in [0.05, 0.1) is 0 Å². The van der Waals surface area contributed by atoms with Gasteiger partial charge in [0.1, 0.15) is 0 Å². The maximum atomic E-state index is 6.03. The second kappa shape index (κ2) is 6.19. The van der Waals surface area contributed by atoms with Crippen molar-refractivity contribution in [3.8, 4) is 0 Å². The topological polar surface area (TPSA) is 29.3 Å². The van der Waals surface area contributed by atoms with Crippen LogP contribution >= 0.6 is 0 Å². The van der Waals surface area contributed by atoms with Crippen molar-refractivity contribution >= 4 is 0 Å². The highest BCUT2D eigenvalue weighted by molar-refractivity contribution is 4.91. The number of hydrogen-bond acceptors (Lipinski definition) is 2. The SMILES string of the molecule is CC(C)CCC(C)(CN)N(C)C(C)C(C)(C)C. The summed E-state index contributed by atoms with van der Waals surface area (Å²) >= 11 is 0. The highest BCUT2D eigenvalue weighted by Crippen LogP contribution is 2.30. The molecule has 0 saturated carbocycles. The molecule has 0 amide bonds. The minimum Gasteiger partial charge on any atom is -0.329 e. The van der Waals surface area contributed by atoms with Crippen LogP contribution in [0.3, 0.4) is 0 Å². The first-order valence-electron chi connectivity index (χ1n) is 6.97. The van der Waals surface area contributed by atoms with Gasteiger partial charge in [0.15, 0.2) is 0 Å². The normalized spacial score (nSPS) is 18.5. The predicted molar refractivity (Wildman–Crippen MR) is 78.2 cm³/mol. The van der Waals surface area contributed by atoms with Crippen LogP contribution in [-0.2, 0) is 0 Å². The maximum absolute atomic E-state index is 6.03. The van der Waals surface area contributed by atoms with E-state index >= 15 is 0 Å². The quantitative estimate of drug-likeness (QED) is 0.772. The zero-order valence-corrected chi connectivity index (χ0v) is 13.3. The van der Waals surface area contributed by atoms with Gasteiger partial charge in [-0.1, -0.05) is 34.6 Å². The van der Waals surface area contributed by atoms with Gasteiger partial charge in [0.25, 0.3) is 0 Å². The zero-order valence-electron chi connectivity index (χ0n) is 13.3. The summed E-state index contributed by atoms with van der Waals surface area (Å²) in [6.07, 6.45) is 2.42. The van der Waals surface area contributed by atoms with E-state index in [0.29, 0.717) is 11.5 Å². The number of nitrogens with zero attached hydrogens (tertiary/aromatic N) is 1. The number of hydrogen-bond donors (Lipinski definition) is 1. The first kappa shape index (κ1) is 16.9. The van der Waals surface area contributed by atoms with Gasteiger partial charge in [-0.3, -0.25) is 4.90 Å². The molecular weight excluding hydrogens is 208 g/mol. The monoisotopic (exact) mass is 242 g/mol. The van der Waals surface area contributed by atoms with Crippen molar-refractivity contribution in [3.05, 3.63) is 0 Å². The van der Waals surface area contributed by atoms with Crippen molar-refractivity contribution in [2.45, 2.75) is 72.9 Å². The van der Waals surface area contributed by atoms with Crippen LogP contribution in [0.15, 0.2) is 0 Å². The summed E-state index contributed by atoms with van der Waals surface area (Å²) in [5.41, 5.74) is 6.45. The summed E-state index contributed by atoms with van der Waals surface area (Å²) < 4.78 is 0. The van der Waals surface area contributed by atoms with Gasteiger partial charge in [-0.15, -0.1) is 0 Å². The Balaban J connectivity index is 4.73. The van der Waals surface area contributed by atoms with Gasteiger partial charge in [-0.25, -0.2) is 0 Å². The van der Waals surface area contributed by atoms with Crippen molar-refractivity contribution in [2.24, 2.45) is 17.1 Å². The fourth-order valence-electron chi connectivity index (χ4n) is 2.07. The number of nitrogens with two attached hydrogens (primary N) is 1. The van der Waals surface area contributed by atoms with E-state index in [9.17, 15) is 0 Å². The molecule has 2 atom stereocenters. The summed E-state index contributed by atoms with van der Waals surface area (Å²) in [5, 5.41) is 0. The van der Waals surface area contributed by atoms with E-state index in [0.717, 1.165) is 12.5 Å². The van der Waals surface area contributed by atoms with Crippen LogP contribution in [0.5, 0.6) is 0 Å². The molecule has 2 nitrogen and oxygen atoms in total. The van der Waals surface area contributed by atoms with Gasteiger partial charge in [0, 0.05) is 18.1 Å². The maximum Gasteiger partial charge on any atom is 0.0303 e. The molecule has 0 bridgehead atoms. The number of rotatable bonds is 6. The third-order valence-corrected chi connectivity index (χ3v) is 4.39. The van der Waals surface area contributed by atoms with Crippen molar-refractivity contribution in [2.75, 3.05) is 13.6 Å². The summed E-state index contributed by atoms with van der Waals surface area (Å²) in [4.78, 5) is 2.48. The molecule has 2 unspecified atom stereocenters. The lowest BCUT2D eigenvalue weighted by molar-refractivity contribution is 0.0340. The first-order chi connectivity index (χ1) is 7.54. The smallest absolute Gasteiger partial charge is 0.0303 e. The molecule has 2 N–H and O–H groups in total. The zero-order chi connectivity index (χ0) is 13.9. The highest BCUT2D eigenvalue weighted by atomic mass is 15.2. The first-order valence-corrected chi connectivity index (χ1v) is 6.97. The lowest BCUT2D eigenvalue weighted by Gasteiger charge is -2.47. The van der Waals surface area contributed by atoms with Crippen LogP contribution in [0.25, 0.3) is 0 Å². The average molecular weight is 242 g/mol. The molecule has 0 radical (unpaired) electrons. The van der Waals surface area contributed by atoms with Gasteiger partial charge in [0.2, 0.25) is 0 Å². The van der Waals surface area contributed by atoms with Gasteiger partial charge in [-0.2, -0.15) is 0 Å². The second-order valence-corrected chi connectivity index (χ2v) is 7.29. The Hall–Kier alpha value is -0.0800. The van der Waals surface area contributed by atoms with Crippen LogP contribution in [-0.4, -0.2) is 30.1 Å². The third-order valence-electron chi connectivity index (χ3n) is 4.39. The van der Waals surface area contributed by atoms with Crippen molar-refractivity contribution < 1.29 is 0 Å². The molecular formula is C15H34N2. The largest absolute Gasteiger partial charge is 0.329 e. The second-order valence-electron chi connectivity index (χ2n) is 7.29. The molecule has 0 aliphatic heterocycles. The molecule has 0 heterocycles. The lowest BCUT2D eigenvalue weighted by Crippen LogP contribution is -2.56. The van der Waals surface area contributed by atoms with E-state index < -0.39 is 0 Å². The Kier molecular flexibility index (Phi) is 6.16. The van der Waals surface area contributed by atoms with Crippen molar-refractivity contribution in [1.29, 1.82) is 0 Å². The molecule has 0 saturated heterocycles. The molecule has 0 aromatic carbocycles. The molecule has 104 valence electrons. The van der Waals surface area contributed by atoms with Crippen LogP contribution in [0, 0.1) is 11.3 Å². The van der Waals surface area contributed by atoms with Crippen molar-refractivity contribution in [3.63, 3.8) is 0 Å². The Morgan fingerprint density at radius 1 is 1.06 bits per heavy atom.